The van der Waals surface area contributed by atoms with Gasteiger partial charge in [-0.05, 0) is 40.2 Å². The molecule has 3 aromatic heterocycles. The Bertz CT molecular complexity index is 908. The van der Waals surface area contributed by atoms with E-state index in [-0.39, 0.29) is 16.9 Å². The molecule has 0 fully saturated rings. The van der Waals surface area contributed by atoms with Crippen molar-refractivity contribution >= 4 is 33.3 Å². The van der Waals surface area contributed by atoms with Crippen LogP contribution in [-0.2, 0) is 0 Å². The number of hydrogen-bond donors (Lipinski definition) is 1. The lowest BCUT2D eigenvalue weighted by molar-refractivity contribution is 0.548. The summed E-state index contributed by atoms with van der Waals surface area (Å²) in [4.78, 5) is 21.9. The third-order valence-electron chi connectivity index (χ3n) is 3.82. The van der Waals surface area contributed by atoms with E-state index >= 15 is 0 Å². The van der Waals surface area contributed by atoms with Crippen LogP contribution in [0.4, 0.5) is 0 Å². The Hall–Kier alpha value is -1.67. The number of hydrogen-bond acceptors (Lipinski definition) is 6. The summed E-state index contributed by atoms with van der Waals surface area (Å²) >= 11 is 3.11. The number of aryl methyl sites for hydroxylation is 2. The second kappa shape index (κ2) is 6.09. The van der Waals surface area contributed by atoms with Crippen LogP contribution in [0.3, 0.4) is 0 Å². The van der Waals surface area contributed by atoms with Gasteiger partial charge in [0, 0.05) is 10.9 Å². The summed E-state index contributed by atoms with van der Waals surface area (Å²) in [5, 5.41) is 9.66. The second-order valence-corrected chi connectivity index (χ2v) is 8.30. The summed E-state index contributed by atoms with van der Waals surface area (Å²) in [7, 11) is 0. The van der Waals surface area contributed by atoms with Crippen LogP contribution in [0.5, 0.6) is 0 Å². The van der Waals surface area contributed by atoms with Gasteiger partial charge in [0.25, 0.3) is 5.56 Å². The molecule has 6 nitrogen and oxygen atoms in total. The molecule has 0 spiro atoms. The Morgan fingerprint density at radius 3 is 2.74 bits per heavy atom. The molecule has 0 saturated carbocycles. The summed E-state index contributed by atoms with van der Waals surface area (Å²) in [6.45, 7) is 10.2. The van der Waals surface area contributed by atoms with Crippen LogP contribution in [0, 0.1) is 13.8 Å². The van der Waals surface area contributed by atoms with Crippen LogP contribution < -0.4 is 5.56 Å². The number of thioether (sulfide) groups is 1. The van der Waals surface area contributed by atoms with Crippen LogP contribution in [0.1, 0.15) is 48.3 Å². The Labute approximate surface area is 142 Å². The second-order valence-electron chi connectivity index (χ2n) is 5.79. The number of nitrogens with zero attached hydrogens (tertiary/aromatic N) is 4. The highest BCUT2D eigenvalue weighted by molar-refractivity contribution is 7.99. The van der Waals surface area contributed by atoms with Gasteiger partial charge in [-0.3, -0.25) is 4.79 Å². The highest BCUT2D eigenvalue weighted by Crippen LogP contribution is 2.34. The van der Waals surface area contributed by atoms with Crippen molar-refractivity contribution in [3.05, 3.63) is 32.9 Å². The minimum Gasteiger partial charge on any atom is -0.309 e. The zero-order valence-corrected chi connectivity index (χ0v) is 15.4. The first-order valence-electron chi connectivity index (χ1n) is 7.44. The van der Waals surface area contributed by atoms with Gasteiger partial charge >= 0.3 is 0 Å². The Kier molecular flexibility index (Phi) is 4.29. The first kappa shape index (κ1) is 16.2. The van der Waals surface area contributed by atoms with Crippen LogP contribution in [0.15, 0.2) is 16.3 Å². The molecule has 122 valence electrons. The summed E-state index contributed by atoms with van der Waals surface area (Å²) < 4.78 is 2.01. The molecule has 1 atom stereocenters. The van der Waals surface area contributed by atoms with Gasteiger partial charge < -0.3 is 9.55 Å². The average molecular weight is 349 g/mol. The van der Waals surface area contributed by atoms with E-state index in [4.69, 9.17) is 0 Å². The van der Waals surface area contributed by atoms with Crippen molar-refractivity contribution in [2.45, 2.75) is 51.1 Å². The van der Waals surface area contributed by atoms with Gasteiger partial charge in [0.1, 0.15) is 17.0 Å². The van der Waals surface area contributed by atoms with Crippen molar-refractivity contribution in [2.24, 2.45) is 0 Å². The molecular weight excluding hydrogens is 330 g/mol. The first-order chi connectivity index (χ1) is 10.9. The lowest BCUT2D eigenvalue weighted by Crippen LogP contribution is -2.13. The van der Waals surface area contributed by atoms with Crippen LogP contribution in [-0.4, -0.2) is 24.7 Å². The van der Waals surface area contributed by atoms with Crippen molar-refractivity contribution in [1.82, 2.24) is 24.7 Å². The van der Waals surface area contributed by atoms with Crippen molar-refractivity contribution in [3.8, 4) is 0 Å². The molecular formula is C15H19N5OS2. The minimum absolute atomic E-state index is 0.0171. The number of aromatic amines is 1. The monoisotopic (exact) mass is 349 g/mol. The summed E-state index contributed by atoms with van der Waals surface area (Å²) in [5.41, 5.74) is 0.954. The van der Waals surface area contributed by atoms with Crippen molar-refractivity contribution in [1.29, 1.82) is 0 Å². The molecule has 3 heterocycles. The Morgan fingerprint density at radius 1 is 1.30 bits per heavy atom. The first-order valence-corrected chi connectivity index (χ1v) is 9.14. The predicted octanol–water partition coefficient (Wildman–Crippen LogP) is 3.63. The fraction of sp³-hybridized carbons (Fsp3) is 0.467. The Morgan fingerprint density at radius 2 is 2.04 bits per heavy atom. The van der Waals surface area contributed by atoms with Gasteiger partial charge in [-0.2, -0.15) is 0 Å². The topological polar surface area (TPSA) is 76.5 Å². The van der Waals surface area contributed by atoms with E-state index in [9.17, 15) is 4.79 Å². The summed E-state index contributed by atoms with van der Waals surface area (Å²) in [5.74, 6) is 0.673. The van der Waals surface area contributed by atoms with Gasteiger partial charge in [0.2, 0.25) is 0 Å². The minimum atomic E-state index is -0.0652. The molecule has 1 N–H and O–H groups in total. The molecule has 23 heavy (non-hydrogen) atoms. The number of nitrogens with one attached hydrogen (secondary N) is 1. The lowest BCUT2D eigenvalue weighted by Gasteiger charge is -2.13. The molecule has 0 amide bonds. The van der Waals surface area contributed by atoms with Crippen molar-refractivity contribution in [2.75, 3.05) is 0 Å². The molecule has 3 aromatic rings. The standard InChI is InChI=1S/C15H19N5OS2/c1-7(2)20-6-16-19-15(20)23-10(5)12-17-13(21)11-8(3)9(4)22-14(11)18-12/h6-7,10H,1-5H3,(H,17,18,21). The fourth-order valence-corrected chi connectivity index (χ4v) is 4.40. The maximum Gasteiger partial charge on any atom is 0.259 e. The molecule has 0 aliphatic rings. The van der Waals surface area contributed by atoms with Crippen LogP contribution >= 0.6 is 23.1 Å². The van der Waals surface area contributed by atoms with Crippen LogP contribution in [0.25, 0.3) is 10.2 Å². The SMILES string of the molecule is Cc1sc2nc(C(C)Sc3nncn3C(C)C)[nH]c(=O)c2c1C. The number of rotatable bonds is 4. The van der Waals surface area contributed by atoms with Gasteiger partial charge in [-0.1, -0.05) is 11.8 Å². The molecule has 0 saturated heterocycles. The molecule has 0 radical (unpaired) electrons. The summed E-state index contributed by atoms with van der Waals surface area (Å²) in [6, 6.07) is 0.289. The maximum atomic E-state index is 12.4. The van der Waals surface area contributed by atoms with E-state index in [1.165, 1.54) is 0 Å². The number of aromatic nitrogens is 5. The highest BCUT2D eigenvalue weighted by atomic mass is 32.2. The predicted molar refractivity (Wildman–Crippen MR) is 94.4 cm³/mol. The van der Waals surface area contributed by atoms with Crippen LogP contribution in [0.2, 0.25) is 0 Å². The summed E-state index contributed by atoms with van der Waals surface area (Å²) in [6.07, 6.45) is 1.73. The van der Waals surface area contributed by atoms with Gasteiger partial charge in [0.15, 0.2) is 5.16 Å². The quantitative estimate of drug-likeness (QED) is 0.728. The molecule has 3 rings (SSSR count). The number of H-pyrrole nitrogens is 1. The molecule has 0 aliphatic carbocycles. The molecule has 0 bridgehead atoms. The van der Waals surface area contributed by atoms with E-state index < -0.39 is 0 Å². The van der Waals surface area contributed by atoms with E-state index in [1.807, 2.05) is 25.3 Å². The van der Waals surface area contributed by atoms with E-state index in [0.717, 1.165) is 20.4 Å². The van der Waals surface area contributed by atoms with Crippen molar-refractivity contribution in [3.63, 3.8) is 0 Å². The molecule has 8 heteroatoms. The molecule has 1 unspecified atom stereocenters. The normalized spacial score (nSPS) is 13.1. The third kappa shape index (κ3) is 2.92. The zero-order valence-electron chi connectivity index (χ0n) is 13.7. The van der Waals surface area contributed by atoms with E-state index in [0.29, 0.717) is 11.2 Å². The maximum absolute atomic E-state index is 12.4. The van der Waals surface area contributed by atoms with Gasteiger partial charge in [-0.25, -0.2) is 4.98 Å². The number of fused-ring (bicyclic) bond motifs is 1. The van der Waals surface area contributed by atoms with Gasteiger partial charge in [0.05, 0.1) is 10.6 Å². The fourth-order valence-electron chi connectivity index (χ4n) is 2.35. The molecule has 0 aliphatic heterocycles. The average Bonchev–Trinajstić information content (AvgIpc) is 3.04. The largest absolute Gasteiger partial charge is 0.309 e. The van der Waals surface area contributed by atoms with Gasteiger partial charge in [-0.15, -0.1) is 21.5 Å². The smallest absolute Gasteiger partial charge is 0.259 e. The van der Waals surface area contributed by atoms with Crippen molar-refractivity contribution < 1.29 is 0 Å². The van der Waals surface area contributed by atoms with E-state index in [1.54, 1.807) is 29.4 Å². The lowest BCUT2D eigenvalue weighted by atomic mass is 10.2. The number of thiophene rings is 1. The molecule has 0 aromatic carbocycles. The zero-order chi connectivity index (χ0) is 16.7. The van der Waals surface area contributed by atoms with E-state index in [2.05, 4.69) is 34.0 Å². The Balaban J connectivity index is 1.96. The third-order valence-corrected chi connectivity index (χ3v) is 6.00. The highest BCUT2D eigenvalue weighted by Gasteiger charge is 2.18.